The van der Waals surface area contributed by atoms with Gasteiger partial charge < -0.3 is 16.0 Å². The van der Waals surface area contributed by atoms with Crippen molar-refractivity contribution >= 4 is 23.3 Å². The molecule has 0 fully saturated rings. The lowest BCUT2D eigenvalue weighted by atomic mass is 9.92. The third-order valence-electron chi connectivity index (χ3n) is 4.79. The van der Waals surface area contributed by atoms with Crippen molar-refractivity contribution in [2.24, 2.45) is 0 Å². The lowest BCUT2D eigenvalue weighted by Crippen LogP contribution is -2.45. The molecule has 29 heavy (non-hydrogen) atoms. The van der Waals surface area contributed by atoms with E-state index in [-0.39, 0.29) is 11.7 Å². The fourth-order valence-corrected chi connectivity index (χ4v) is 3.18. The smallest absolute Gasteiger partial charge is 0.319 e. The largest absolute Gasteiger partial charge is 0.327 e. The molecular weight excluding hydrogens is 372 g/mol. The summed E-state index contributed by atoms with van der Waals surface area (Å²) in [4.78, 5) is 35.3. The normalized spacial score (nSPS) is 16.3. The molecule has 0 saturated heterocycles. The average molecular weight is 394 g/mol. The van der Waals surface area contributed by atoms with E-state index in [9.17, 15) is 19.7 Å². The van der Waals surface area contributed by atoms with Gasteiger partial charge in [0.2, 0.25) is 0 Å². The highest BCUT2D eigenvalue weighted by atomic mass is 16.6. The van der Waals surface area contributed by atoms with Gasteiger partial charge in [0.25, 0.3) is 11.6 Å². The van der Waals surface area contributed by atoms with Crippen LogP contribution in [0.5, 0.6) is 0 Å². The number of rotatable bonds is 5. The number of nitro benzene ring substituents is 1. The van der Waals surface area contributed by atoms with Crippen LogP contribution in [-0.4, -0.2) is 16.9 Å². The Kier molecular flexibility index (Phi) is 5.63. The van der Waals surface area contributed by atoms with Crippen molar-refractivity contribution in [3.63, 3.8) is 0 Å². The molecule has 8 nitrogen and oxygen atoms in total. The van der Waals surface area contributed by atoms with Gasteiger partial charge in [-0.15, -0.1) is 0 Å². The lowest BCUT2D eigenvalue weighted by molar-refractivity contribution is -0.384. The maximum Gasteiger partial charge on any atom is 0.319 e. The lowest BCUT2D eigenvalue weighted by Gasteiger charge is -2.29. The molecule has 0 spiro atoms. The molecule has 1 aliphatic rings. The number of nitrogens with zero attached hydrogens (tertiary/aromatic N) is 1. The van der Waals surface area contributed by atoms with Gasteiger partial charge in [-0.25, -0.2) is 4.79 Å². The molecule has 3 N–H and O–H groups in total. The molecule has 0 bridgehead atoms. The molecule has 1 atom stereocenters. The summed E-state index contributed by atoms with van der Waals surface area (Å²) >= 11 is 0. The van der Waals surface area contributed by atoms with Crippen LogP contribution in [0.25, 0.3) is 0 Å². The van der Waals surface area contributed by atoms with Crippen LogP contribution < -0.4 is 16.0 Å². The zero-order valence-electron chi connectivity index (χ0n) is 16.4. The molecule has 1 aliphatic heterocycles. The van der Waals surface area contributed by atoms with Crippen LogP contribution in [0, 0.1) is 10.1 Å². The van der Waals surface area contributed by atoms with Crippen molar-refractivity contribution in [3.8, 4) is 0 Å². The summed E-state index contributed by atoms with van der Waals surface area (Å²) in [6.45, 7) is 5.85. The molecule has 1 heterocycles. The van der Waals surface area contributed by atoms with Crippen LogP contribution in [0.15, 0.2) is 59.8 Å². The highest BCUT2D eigenvalue weighted by Gasteiger charge is 2.31. The van der Waals surface area contributed by atoms with E-state index in [0.29, 0.717) is 22.9 Å². The first-order chi connectivity index (χ1) is 13.8. The van der Waals surface area contributed by atoms with Gasteiger partial charge in [-0.05, 0) is 36.1 Å². The minimum absolute atomic E-state index is 0.0619. The number of hydrogen-bond acceptors (Lipinski definition) is 4. The third kappa shape index (κ3) is 4.43. The van der Waals surface area contributed by atoms with E-state index in [1.165, 1.54) is 24.3 Å². The molecule has 0 aliphatic carbocycles. The number of non-ortho nitro benzene ring substituents is 1. The number of urea groups is 1. The van der Waals surface area contributed by atoms with Gasteiger partial charge in [0, 0.05) is 23.5 Å². The number of carbonyl (C=O) groups is 2. The topological polar surface area (TPSA) is 113 Å². The molecule has 8 heteroatoms. The summed E-state index contributed by atoms with van der Waals surface area (Å²) in [6, 6.07) is 12.3. The van der Waals surface area contributed by atoms with Crippen molar-refractivity contribution in [3.05, 3.63) is 81.0 Å². The maximum absolute atomic E-state index is 13.0. The Morgan fingerprint density at radius 1 is 1.10 bits per heavy atom. The van der Waals surface area contributed by atoms with Crippen molar-refractivity contribution in [2.75, 3.05) is 5.32 Å². The van der Waals surface area contributed by atoms with Gasteiger partial charge in [-0.1, -0.05) is 38.1 Å². The van der Waals surface area contributed by atoms with Crippen molar-refractivity contribution in [2.45, 2.75) is 32.7 Å². The van der Waals surface area contributed by atoms with Gasteiger partial charge >= 0.3 is 6.03 Å². The van der Waals surface area contributed by atoms with E-state index in [4.69, 9.17) is 0 Å². The minimum atomic E-state index is -0.608. The highest BCUT2D eigenvalue weighted by Crippen LogP contribution is 2.29. The number of nitro groups is 1. The standard InChI is InChI=1S/C21H22N4O4/c1-12(2)14-4-6-15(7-5-14)19-18(13(3)22-21(27)24-19)20(26)23-16-8-10-17(11-9-16)25(28)29/h4-12,19H,1-3H3,(H,23,26)(H2,22,24,27). The Morgan fingerprint density at radius 3 is 2.28 bits per heavy atom. The average Bonchev–Trinajstić information content (AvgIpc) is 2.67. The van der Waals surface area contributed by atoms with Crippen LogP contribution in [0.2, 0.25) is 0 Å². The number of anilines is 1. The summed E-state index contributed by atoms with van der Waals surface area (Å²) in [5.74, 6) is -0.0318. The van der Waals surface area contributed by atoms with Gasteiger partial charge in [-0.3, -0.25) is 14.9 Å². The summed E-state index contributed by atoms with van der Waals surface area (Å²) in [6.07, 6.45) is 0. The van der Waals surface area contributed by atoms with E-state index in [2.05, 4.69) is 29.8 Å². The molecule has 3 amide bonds. The van der Waals surface area contributed by atoms with Crippen LogP contribution >= 0.6 is 0 Å². The number of hydrogen-bond donors (Lipinski definition) is 3. The Labute approximate surface area is 168 Å². The van der Waals surface area contributed by atoms with Crippen LogP contribution in [-0.2, 0) is 4.79 Å². The second-order valence-electron chi connectivity index (χ2n) is 7.15. The molecule has 2 aromatic rings. The first-order valence-electron chi connectivity index (χ1n) is 9.20. The molecule has 1 unspecified atom stereocenters. The number of benzene rings is 2. The van der Waals surface area contributed by atoms with E-state index in [1.54, 1.807) is 6.92 Å². The molecule has 0 radical (unpaired) electrons. The second kappa shape index (κ2) is 8.14. The molecule has 3 rings (SSSR count). The molecule has 150 valence electrons. The zero-order chi connectivity index (χ0) is 21.1. The predicted molar refractivity (Wildman–Crippen MR) is 109 cm³/mol. The van der Waals surface area contributed by atoms with Gasteiger partial charge in [0.15, 0.2) is 0 Å². The van der Waals surface area contributed by atoms with Gasteiger partial charge in [0.05, 0.1) is 16.5 Å². The molecule has 0 aromatic heterocycles. The summed E-state index contributed by atoms with van der Waals surface area (Å²) < 4.78 is 0. The van der Waals surface area contributed by atoms with Crippen LogP contribution in [0.4, 0.5) is 16.2 Å². The first kappa shape index (κ1) is 20.1. The molecular formula is C21H22N4O4. The van der Waals surface area contributed by atoms with Gasteiger partial charge in [-0.2, -0.15) is 0 Å². The molecule has 0 saturated carbocycles. The first-order valence-corrected chi connectivity index (χ1v) is 9.20. The summed E-state index contributed by atoms with van der Waals surface area (Å²) in [5, 5.41) is 18.9. The quantitative estimate of drug-likeness (QED) is 0.526. The van der Waals surface area contributed by atoms with Crippen molar-refractivity contribution < 1.29 is 14.5 Å². The highest BCUT2D eigenvalue weighted by molar-refractivity contribution is 6.06. The minimum Gasteiger partial charge on any atom is -0.327 e. The van der Waals surface area contributed by atoms with E-state index >= 15 is 0 Å². The van der Waals surface area contributed by atoms with Crippen molar-refractivity contribution in [1.82, 2.24) is 10.6 Å². The van der Waals surface area contributed by atoms with E-state index < -0.39 is 16.9 Å². The van der Waals surface area contributed by atoms with Crippen LogP contribution in [0.3, 0.4) is 0 Å². The fourth-order valence-electron chi connectivity index (χ4n) is 3.18. The van der Waals surface area contributed by atoms with Crippen molar-refractivity contribution in [1.29, 1.82) is 0 Å². The molecule has 2 aromatic carbocycles. The van der Waals surface area contributed by atoms with Gasteiger partial charge in [0.1, 0.15) is 0 Å². The maximum atomic E-state index is 13.0. The SMILES string of the molecule is CC1=C(C(=O)Nc2ccc([N+](=O)[O-])cc2)C(c2ccc(C(C)C)cc2)NC(=O)N1. The number of carbonyl (C=O) groups excluding carboxylic acids is 2. The monoisotopic (exact) mass is 394 g/mol. The van der Waals surface area contributed by atoms with E-state index in [1.807, 2.05) is 24.3 Å². The number of nitrogens with one attached hydrogen (secondary N) is 3. The summed E-state index contributed by atoms with van der Waals surface area (Å²) in [5.41, 5.74) is 3.13. The second-order valence-corrected chi connectivity index (χ2v) is 7.15. The zero-order valence-corrected chi connectivity index (χ0v) is 16.4. The number of allylic oxidation sites excluding steroid dienone is 1. The van der Waals surface area contributed by atoms with Crippen LogP contribution in [0.1, 0.15) is 43.9 Å². The fraction of sp³-hybridized carbons (Fsp3) is 0.238. The Hall–Kier alpha value is -3.68. The predicted octanol–water partition coefficient (Wildman–Crippen LogP) is 3.98. The third-order valence-corrected chi connectivity index (χ3v) is 4.79. The number of amides is 3. The summed E-state index contributed by atoms with van der Waals surface area (Å²) in [7, 11) is 0. The van der Waals surface area contributed by atoms with E-state index in [0.717, 1.165) is 11.1 Å². The Balaban J connectivity index is 1.88. The Bertz CT molecular complexity index is 979. The Morgan fingerprint density at radius 2 is 1.72 bits per heavy atom.